The Morgan fingerprint density at radius 2 is 1.89 bits per heavy atom. The summed E-state index contributed by atoms with van der Waals surface area (Å²) in [5, 5.41) is 9.51. The Hall–Kier alpha value is -1.65. The zero-order chi connectivity index (χ0) is 13.3. The van der Waals surface area contributed by atoms with E-state index in [-0.39, 0.29) is 0 Å². The molecule has 2 rings (SSSR count). The lowest BCUT2D eigenvalue weighted by Gasteiger charge is -2.07. The first-order valence-electron chi connectivity index (χ1n) is 4.84. The fourth-order valence-electron chi connectivity index (χ4n) is 1.51. The van der Waals surface area contributed by atoms with Crippen LogP contribution in [-0.2, 0) is 0 Å². The number of aromatic nitrogens is 1. The lowest BCUT2D eigenvalue weighted by atomic mass is 10.1. The quantitative estimate of drug-likeness (QED) is 0.852. The fraction of sp³-hybridized carbons (Fsp3) is 0. The van der Waals surface area contributed by atoms with E-state index < -0.39 is 17.5 Å². The number of hydrogen-bond donors (Lipinski definition) is 1. The van der Waals surface area contributed by atoms with Gasteiger partial charge in [-0.25, -0.2) is 9.78 Å². The van der Waals surface area contributed by atoms with E-state index in [9.17, 15) is 9.18 Å². The van der Waals surface area contributed by atoms with Crippen molar-refractivity contribution < 1.29 is 14.3 Å². The van der Waals surface area contributed by atoms with Crippen LogP contribution in [0.3, 0.4) is 0 Å². The van der Waals surface area contributed by atoms with Crippen molar-refractivity contribution in [3.63, 3.8) is 0 Å². The van der Waals surface area contributed by atoms with Crippen LogP contribution >= 0.6 is 23.2 Å². The van der Waals surface area contributed by atoms with Crippen molar-refractivity contribution in [3.05, 3.63) is 52.0 Å². The number of rotatable bonds is 2. The van der Waals surface area contributed by atoms with Gasteiger partial charge >= 0.3 is 5.97 Å². The molecule has 0 saturated carbocycles. The van der Waals surface area contributed by atoms with E-state index in [0.717, 1.165) is 6.07 Å². The highest BCUT2D eigenvalue weighted by molar-refractivity contribution is 6.39. The molecule has 1 aromatic carbocycles. The van der Waals surface area contributed by atoms with Gasteiger partial charge in [-0.05, 0) is 18.2 Å². The minimum atomic E-state index is -1.40. The van der Waals surface area contributed by atoms with Crippen molar-refractivity contribution in [1.29, 1.82) is 0 Å². The van der Waals surface area contributed by atoms with Gasteiger partial charge in [-0.2, -0.15) is 4.39 Å². The highest BCUT2D eigenvalue weighted by Gasteiger charge is 2.15. The summed E-state index contributed by atoms with van der Waals surface area (Å²) in [6.07, 6.45) is 1.19. The number of benzene rings is 1. The van der Waals surface area contributed by atoms with Gasteiger partial charge in [0.25, 0.3) is 0 Å². The van der Waals surface area contributed by atoms with Gasteiger partial charge < -0.3 is 5.11 Å². The first kappa shape index (κ1) is 12.8. The highest BCUT2D eigenvalue weighted by Crippen LogP contribution is 2.34. The lowest BCUT2D eigenvalue weighted by Crippen LogP contribution is -2.03. The summed E-state index contributed by atoms with van der Waals surface area (Å²) < 4.78 is 13.2. The van der Waals surface area contributed by atoms with Gasteiger partial charge in [-0.15, -0.1) is 0 Å². The van der Waals surface area contributed by atoms with Gasteiger partial charge in [0.15, 0.2) is 0 Å². The summed E-state index contributed by atoms with van der Waals surface area (Å²) in [6, 6.07) is 6.01. The Morgan fingerprint density at radius 1 is 1.28 bits per heavy atom. The van der Waals surface area contributed by atoms with Gasteiger partial charge in [0.1, 0.15) is 5.56 Å². The Kier molecular flexibility index (Phi) is 3.50. The first-order valence-corrected chi connectivity index (χ1v) is 5.59. The van der Waals surface area contributed by atoms with E-state index in [0.29, 0.717) is 21.2 Å². The van der Waals surface area contributed by atoms with E-state index in [1.165, 1.54) is 6.20 Å². The van der Waals surface area contributed by atoms with Crippen molar-refractivity contribution in [2.45, 2.75) is 0 Å². The summed E-state index contributed by atoms with van der Waals surface area (Å²) in [5.74, 6) is -2.44. The second kappa shape index (κ2) is 4.92. The van der Waals surface area contributed by atoms with E-state index >= 15 is 0 Å². The van der Waals surface area contributed by atoms with Crippen LogP contribution in [0.1, 0.15) is 10.4 Å². The molecular formula is C12H6Cl2FNO2. The number of halogens is 3. The number of carboxylic acid groups (broad SMARTS) is 1. The van der Waals surface area contributed by atoms with Gasteiger partial charge in [-0.3, -0.25) is 0 Å². The van der Waals surface area contributed by atoms with Crippen LogP contribution < -0.4 is 0 Å². The second-order valence-corrected chi connectivity index (χ2v) is 4.28. The molecular weight excluding hydrogens is 280 g/mol. The topological polar surface area (TPSA) is 50.2 Å². The van der Waals surface area contributed by atoms with E-state index in [2.05, 4.69) is 4.98 Å². The summed E-state index contributed by atoms with van der Waals surface area (Å²) >= 11 is 12.0. The zero-order valence-corrected chi connectivity index (χ0v) is 10.3. The van der Waals surface area contributed by atoms with Crippen molar-refractivity contribution in [2.24, 2.45) is 0 Å². The van der Waals surface area contributed by atoms with Crippen molar-refractivity contribution in [3.8, 4) is 11.1 Å². The SMILES string of the molecule is O=C(O)c1cc(-c2c(Cl)cccc2Cl)cnc1F. The molecule has 3 nitrogen and oxygen atoms in total. The van der Waals surface area contributed by atoms with Crippen LogP contribution in [0.2, 0.25) is 10.0 Å². The molecule has 2 aromatic rings. The Bertz CT molecular complexity index is 611. The van der Waals surface area contributed by atoms with Crippen molar-refractivity contribution in [2.75, 3.05) is 0 Å². The molecule has 0 unspecified atom stereocenters. The number of carboxylic acids is 1. The minimum absolute atomic E-state index is 0.340. The average Bonchev–Trinajstić information content (AvgIpc) is 2.30. The maximum Gasteiger partial charge on any atom is 0.340 e. The minimum Gasteiger partial charge on any atom is -0.478 e. The van der Waals surface area contributed by atoms with Crippen LogP contribution in [0, 0.1) is 5.95 Å². The Balaban J connectivity index is 2.65. The summed E-state index contributed by atoms with van der Waals surface area (Å²) in [5.41, 5.74) is 0.253. The molecule has 1 aromatic heterocycles. The molecule has 0 amide bonds. The molecule has 0 aliphatic carbocycles. The van der Waals surface area contributed by atoms with Gasteiger partial charge in [-0.1, -0.05) is 29.3 Å². The largest absolute Gasteiger partial charge is 0.478 e. The maximum atomic E-state index is 13.2. The number of carbonyl (C=O) groups is 1. The molecule has 0 atom stereocenters. The van der Waals surface area contributed by atoms with Gasteiger partial charge in [0.05, 0.1) is 0 Å². The third-order valence-corrected chi connectivity index (χ3v) is 2.95. The lowest BCUT2D eigenvalue weighted by molar-refractivity contribution is 0.0691. The smallest absolute Gasteiger partial charge is 0.340 e. The summed E-state index contributed by atoms with van der Waals surface area (Å²) in [4.78, 5) is 14.2. The molecule has 0 radical (unpaired) electrons. The molecule has 1 N–H and O–H groups in total. The van der Waals surface area contributed by atoms with Crippen LogP contribution in [0.15, 0.2) is 30.5 Å². The predicted octanol–water partition coefficient (Wildman–Crippen LogP) is 3.89. The molecule has 6 heteroatoms. The first-order chi connectivity index (χ1) is 8.50. The molecule has 18 heavy (non-hydrogen) atoms. The third-order valence-electron chi connectivity index (χ3n) is 2.32. The molecule has 0 aliphatic heterocycles. The fourth-order valence-corrected chi connectivity index (χ4v) is 2.12. The van der Waals surface area contributed by atoms with E-state index in [4.69, 9.17) is 28.3 Å². The summed E-state index contributed by atoms with van der Waals surface area (Å²) in [7, 11) is 0. The van der Waals surface area contributed by atoms with Crippen LogP contribution in [-0.4, -0.2) is 16.1 Å². The number of aromatic carboxylic acids is 1. The highest BCUT2D eigenvalue weighted by atomic mass is 35.5. The predicted molar refractivity (Wildman–Crippen MR) is 66.6 cm³/mol. The van der Waals surface area contributed by atoms with Crippen LogP contribution in [0.25, 0.3) is 11.1 Å². The van der Waals surface area contributed by atoms with E-state index in [1.807, 2.05) is 0 Å². The number of nitrogens with zero attached hydrogens (tertiary/aromatic N) is 1. The maximum absolute atomic E-state index is 13.2. The van der Waals surface area contributed by atoms with Crippen molar-refractivity contribution in [1.82, 2.24) is 4.98 Å². The normalized spacial score (nSPS) is 10.4. The molecule has 0 fully saturated rings. The number of hydrogen-bond acceptors (Lipinski definition) is 2. The van der Waals surface area contributed by atoms with E-state index in [1.54, 1.807) is 18.2 Å². The zero-order valence-electron chi connectivity index (χ0n) is 8.82. The molecule has 92 valence electrons. The number of pyridine rings is 1. The monoisotopic (exact) mass is 285 g/mol. The van der Waals surface area contributed by atoms with Crippen LogP contribution in [0.4, 0.5) is 4.39 Å². The molecule has 0 aliphatic rings. The van der Waals surface area contributed by atoms with Gasteiger partial charge in [0, 0.05) is 27.4 Å². The molecule has 0 bridgehead atoms. The molecule has 0 saturated heterocycles. The van der Waals surface area contributed by atoms with Crippen LogP contribution in [0.5, 0.6) is 0 Å². The van der Waals surface area contributed by atoms with Crippen molar-refractivity contribution >= 4 is 29.2 Å². The third kappa shape index (κ3) is 2.30. The Morgan fingerprint density at radius 3 is 2.44 bits per heavy atom. The molecule has 1 heterocycles. The summed E-state index contributed by atoms with van der Waals surface area (Å²) in [6.45, 7) is 0. The molecule has 0 spiro atoms. The average molecular weight is 286 g/mol. The Labute approximate surface area is 112 Å². The second-order valence-electron chi connectivity index (χ2n) is 3.46. The van der Waals surface area contributed by atoms with Gasteiger partial charge in [0.2, 0.25) is 5.95 Å². The standard InChI is InChI=1S/C12H6Cl2FNO2/c13-8-2-1-3-9(14)10(8)6-4-7(12(17)18)11(15)16-5-6/h1-5H,(H,17,18).